The van der Waals surface area contributed by atoms with Crippen molar-refractivity contribution in [1.82, 2.24) is 15.5 Å². The smallest absolute Gasteiger partial charge is 0.255 e. The van der Waals surface area contributed by atoms with E-state index in [9.17, 15) is 0 Å². The van der Waals surface area contributed by atoms with Crippen LogP contribution in [0.25, 0.3) is 11.0 Å². The molecule has 3 heterocycles. The molecule has 1 N–H and O–H groups in total. The number of hydrogen-bond acceptors (Lipinski definition) is 6. The third-order valence-corrected chi connectivity index (χ3v) is 4.70. The van der Waals surface area contributed by atoms with Gasteiger partial charge in [-0.25, -0.2) is 0 Å². The van der Waals surface area contributed by atoms with Gasteiger partial charge in [-0.15, -0.1) is 0 Å². The van der Waals surface area contributed by atoms with E-state index in [2.05, 4.69) is 34.5 Å². The number of para-hydroxylation sites is 1. The molecule has 0 bridgehead atoms. The molecule has 1 saturated heterocycles. The molecule has 1 aliphatic heterocycles. The Morgan fingerprint density at radius 1 is 1.24 bits per heavy atom. The summed E-state index contributed by atoms with van der Waals surface area (Å²) < 4.78 is 17.2. The standard InChI is InChI=1S/C19H23N3O3/c1-3-16-15(14-6-4-5-7-17(14)24-16)11-20-10-13-8-9-18(23-13)19-21-12(2)22-25-19/h4-7,13,18,20H,3,8-11H2,1-2H3/t13-,18+/m1/s1. The van der Waals surface area contributed by atoms with Crippen LogP contribution >= 0.6 is 0 Å². The average molecular weight is 341 g/mol. The summed E-state index contributed by atoms with van der Waals surface area (Å²) in [4.78, 5) is 4.27. The number of hydrogen-bond donors (Lipinski definition) is 1. The Kier molecular flexibility index (Phi) is 4.55. The van der Waals surface area contributed by atoms with E-state index in [0.29, 0.717) is 11.7 Å². The second-order valence-corrected chi connectivity index (χ2v) is 6.49. The van der Waals surface area contributed by atoms with E-state index in [0.717, 1.165) is 43.7 Å². The highest BCUT2D eigenvalue weighted by Crippen LogP contribution is 2.31. The van der Waals surface area contributed by atoms with Crippen molar-refractivity contribution in [3.8, 4) is 0 Å². The van der Waals surface area contributed by atoms with E-state index in [1.165, 1.54) is 10.9 Å². The fraction of sp³-hybridized carbons (Fsp3) is 0.474. The van der Waals surface area contributed by atoms with Gasteiger partial charge in [0.05, 0.1) is 6.10 Å². The van der Waals surface area contributed by atoms with Gasteiger partial charge in [-0.1, -0.05) is 30.3 Å². The van der Waals surface area contributed by atoms with Crippen molar-refractivity contribution in [3.05, 3.63) is 47.3 Å². The van der Waals surface area contributed by atoms with Crippen LogP contribution in [0, 0.1) is 6.92 Å². The van der Waals surface area contributed by atoms with Gasteiger partial charge >= 0.3 is 0 Å². The summed E-state index contributed by atoms with van der Waals surface area (Å²) in [6, 6.07) is 8.20. The van der Waals surface area contributed by atoms with Crippen LogP contribution in [0.1, 0.15) is 48.9 Å². The molecule has 1 fully saturated rings. The molecule has 1 aromatic carbocycles. The lowest BCUT2D eigenvalue weighted by Gasteiger charge is -2.12. The van der Waals surface area contributed by atoms with Gasteiger partial charge < -0.3 is 19.0 Å². The zero-order valence-corrected chi connectivity index (χ0v) is 14.6. The Labute approximate surface area is 146 Å². The van der Waals surface area contributed by atoms with E-state index >= 15 is 0 Å². The number of nitrogens with zero attached hydrogens (tertiary/aromatic N) is 2. The fourth-order valence-corrected chi connectivity index (χ4v) is 3.47. The third-order valence-electron chi connectivity index (χ3n) is 4.70. The lowest BCUT2D eigenvalue weighted by Crippen LogP contribution is -2.26. The predicted molar refractivity (Wildman–Crippen MR) is 93.2 cm³/mol. The third kappa shape index (κ3) is 3.32. The molecule has 0 spiro atoms. The van der Waals surface area contributed by atoms with E-state index in [4.69, 9.17) is 13.7 Å². The lowest BCUT2D eigenvalue weighted by molar-refractivity contribution is 0.0264. The Morgan fingerprint density at radius 3 is 2.92 bits per heavy atom. The van der Waals surface area contributed by atoms with E-state index in [1.807, 2.05) is 19.1 Å². The van der Waals surface area contributed by atoms with E-state index in [1.54, 1.807) is 0 Å². The van der Waals surface area contributed by atoms with E-state index in [-0.39, 0.29) is 12.2 Å². The molecule has 4 rings (SSSR count). The summed E-state index contributed by atoms with van der Waals surface area (Å²) in [5, 5.41) is 8.55. The highest BCUT2D eigenvalue weighted by atomic mass is 16.5. The highest BCUT2D eigenvalue weighted by Gasteiger charge is 2.30. The van der Waals surface area contributed by atoms with Gasteiger partial charge in [0.2, 0.25) is 0 Å². The van der Waals surface area contributed by atoms with Crippen LogP contribution < -0.4 is 5.32 Å². The summed E-state index contributed by atoms with van der Waals surface area (Å²) in [6.07, 6.45) is 2.90. The minimum Gasteiger partial charge on any atom is -0.461 e. The molecule has 0 amide bonds. The van der Waals surface area contributed by atoms with Crippen LogP contribution in [-0.4, -0.2) is 22.8 Å². The molecule has 1 aliphatic rings. The second-order valence-electron chi connectivity index (χ2n) is 6.49. The minimum atomic E-state index is -0.0750. The van der Waals surface area contributed by atoms with Crippen molar-refractivity contribution >= 4 is 11.0 Å². The molecular weight excluding hydrogens is 318 g/mol. The number of aryl methyl sites for hydroxylation is 2. The second kappa shape index (κ2) is 6.98. The zero-order chi connectivity index (χ0) is 17.2. The Morgan fingerprint density at radius 2 is 2.12 bits per heavy atom. The maximum Gasteiger partial charge on any atom is 0.255 e. The molecule has 0 aliphatic carbocycles. The van der Waals surface area contributed by atoms with Gasteiger partial charge in [-0.05, 0) is 25.8 Å². The molecule has 0 radical (unpaired) electrons. The maximum atomic E-state index is 6.04. The van der Waals surface area contributed by atoms with Crippen molar-refractivity contribution in [3.63, 3.8) is 0 Å². The van der Waals surface area contributed by atoms with Crippen molar-refractivity contribution in [2.45, 2.75) is 51.9 Å². The molecule has 2 aromatic heterocycles. The van der Waals surface area contributed by atoms with Crippen molar-refractivity contribution in [2.75, 3.05) is 6.54 Å². The number of aromatic nitrogens is 2. The first-order valence-electron chi connectivity index (χ1n) is 8.90. The number of benzene rings is 1. The van der Waals surface area contributed by atoms with Gasteiger partial charge in [0.1, 0.15) is 17.4 Å². The normalized spacial score (nSPS) is 20.6. The first-order chi connectivity index (χ1) is 12.2. The van der Waals surface area contributed by atoms with Crippen LogP contribution in [0.3, 0.4) is 0 Å². The topological polar surface area (TPSA) is 73.3 Å². The molecule has 6 heteroatoms. The monoisotopic (exact) mass is 341 g/mol. The van der Waals surface area contributed by atoms with Crippen molar-refractivity contribution in [2.24, 2.45) is 0 Å². The average Bonchev–Trinajstić information content (AvgIpc) is 3.33. The first kappa shape index (κ1) is 16.3. The van der Waals surface area contributed by atoms with Crippen LogP contribution in [0.4, 0.5) is 0 Å². The predicted octanol–water partition coefficient (Wildman–Crippen LogP) is 3.70. The molecular formula is C19H23N3O3. The molecule has 2 atom stereocenters. The lowest BCUT2D eigenvalue weighted by atomic mass is 10.1. The Balaban J connectivity index is 1.36. The Hall–Kier alpha value is -2.18. The number of fused-ring (bicyclic) bond motifs is 1. The summed E-state index contributed by atoms with van der Waals surface area (Å²) in [6.45, 7) is 5.52. The number of ether oxygens (including phenoxy) is 1. The van der Waals surface area contributed by atoms with Gasteiger partial charge in [-0.3, -0.25) is 0 Å². The summed E-state index contributed by atoms with van der Waals surface area (Å²) in [7, 11) is 0. The van der Waals surface area contributed by atoms with Gasteiger partial charge in [0, 0.05) is 30.5 Å². The first-order valence-corrected chi connectivity index (χ1v) is 8.90. The molecule has 0 unspecified atom stereocenters. The van der Waals surface area contributed by atoms with Crippen molar-refractivity contribution in [1.29, 1.82) is 0 Å². The number of nitrogens with one attached hydrogen (secondary N) is 1. The van der Waals surface area contributed by atoms with Gasteiger partial charge in [-0.2, -0.15) is 4.98 Å². The molecule has 6 nitrogen and oxygen atoms in total. The van der Waals surface area contributed by atoms with Crippen LogP contribution in [0.5, 0.6) is 0 Å². The molecule has 0 saturated carbocycles. The summed E-state index contributed by atoms with van der Waals surface area (Å²) in [5.74, 6) is 2.30. The van der Waals surface area contributed by atoms with Crippen LogP contribution in [0.2, 0.25) is 0 Å². The van der Waals surface area contributed by atoms with Crippen molar-refractivity contribution < 1.29 is 13.7 Å². The quantitative estimate of drug-likeness (QED) is 0.737. The summed E-state index contributed by atoms with van der Waals surface area (Å²) in [5.41, 5.74) is 2.21. The number of rotatable bonds is 6. The maximum absolute atomic E-state index is 6.04. The fourth-order valence-electron chi connectivity index (χ4n) is 3.47. The molecule has 132 valence electrons. The van der Waals surface area contributed by atoms with E-state index < -0.39 is 0 Å². The minimum absolute atomic E-state index is 0.0750. The SMILES string of the molecule is CCc1oc2ccccc2c1CNC[C@H]1CC[C@@H](c2nc(C)no2)O1. The largest absolute Gasteiger partial charge is 0.461 e. The highest BCUT2D eigenvalue weighted by molar-refractivity contribution is 5.82. The number of furan rings is 1. The van der Waals surface area contributed by atoms with Gasteiger partial charge in [0.15, 0.2) is 5.82 Å². The zero-order valence-electron chi connectivity index (χ0n) is 14.6. The molecule has 25 heavy (non-hydrogen) atoms. The van der Waals surface area contributed by atoms with Crippen LogP contribution in [0.15, 0.2) is 33.2 Å². The van der Waals surface area contributed by atoms with Gasteiger partial charge in [0.25, 0.3) is 5.89 Å². The summed E-state index contributed by atoms with van der Waals surface area (Å²) >= 11 is 0. The molecule has 3 aromatic rings. The Bertz CT molecular complexity index is 855. The van der Waals surface area contributed by atoms with Crippen LogP contribution in [-0.2, 0) is 17.7 Å².